The first kappa shape index (κ1) is 17.2. The van der Waals surface area contributed by atoms with Gasteiger partial charge in [0.15, 0.2) is 6.10 Å². The maximum Gasteiger partial charge on any atom is 0.349 e. The lowest BCUT2D eigenvalue weighted by molar-refractivity contribution is 0.0285. The number of nitrogens with zero attached hydrogens (tertiary/aromatic N) is 2. The molecule has 1 atom stereocenters. The van der Waals surface area contributed by atoms with Gasteiger partial charge in [-0.3, -0.25) is 0 Å². The van der Waals surface area contributed by atoms with Gasteiger partial charge in [0.05, 0.1) is 4.88 Å². The highest BCUT2D eigenvalue weighted by Crippen LogP contribution is 2.42. The quantitative estimate of drug-likeness (QED) is 0.423. The number of fused-ring (bicyclic) bond motifs is 3. The third-order valence-electron chi connectivity index (χ3n) is 4.33. The predicted molar refractivity (Wildman–Crippen MR) is 106 cm³/mol. The van der Waals surface area contributed by atoms with Crippen LogP contribution in [0.15, 0.2) is 52.3 Å². The van der Waals surface area contributed by atoms with Crippen LogP contribution in [-0.4, -0.2) is 16.2 Å². The number of carbonyl (C=O) groups excluding carboxylic acids is 1. The molecule has 0 aliphatic carbocycles. The van der Waals surface area contributed by atoms with Crippen LogP contribution in [0.2, 0.25) is 0 Å². The zero-order valence-corrected chi connectivity index (χ0v) is 16.4. The van der Waals surface area contributed by atoms with Gasteiger partial charge in [-0.2, -0.15) is 0 Å². The number of aromatic nitrogens is 2. The van der Waals surface area contributed by atoms with E-state index in [1.54, 1.807) is 6.92 Å². The van der Waals surface area contributed by atoms with E-state index < -0.39 is 12.1 Å². The second kappa shape index (κ2) is 6.88. The largest absolute Gasteiger partial charge is 0.488 e. The minimum absolute atomic E-state index is 0.270. The number of carbonyl (C=O) groups is 1. The van der Waals surface area contributed by atoms with Crippen LogP contribution < -0.4 is 4.74 Å². The van der Waals surface area contributed by atoms with Crippen molar-refractivity contribution in [1.29, 1.82) is 0 Å². The summed E-state index contributed by atoms with van der Waals surface area (Å²) in [5.74, 6) is 1.11. The van der Waals surface area contributed by atoms with Crippen molar-refractivity contribution in [1.82, 2.24) is 10.2 Å². The highest BCUT2D eigenvalue weighted by molar-refractivity contribution is 7.17. The highest BCUT2D eigenvalue weighted by atomic mass is 32.1. The highest BCUT2D eigenvalue weighted by Gasteiger charge is 2.25. The first-order valence-electron chi connectivity index (χ1n) is 8.62. The van der Waals surface area contributed by atoms with Crippen LogP contribution in [-0.2, 0) is 11.3 Å². The number of para-hydroxylation sites is 1. The SMILES string of the molecule is C[C@H](OC(=O)c1cc2c(s1)-c1ccccc1OC2)c1nnc(-c2cccs2)o1. The molecule has 0 bridgehead atoms. The maximum absolute atomic E-state index is 12.7. The number of esters is 1. The second-order valence-electron chi connectivity index (χ2n) is 6.22. The maximum atomic E-state index is 12.7. The van der Waals surface area contributed by atoms with Gasteiger partial charge in [0, 0.05) is 16.0 Å². The number of thiophene rings is 2. The molecule has 0 unspecified atom stereocenters. The van der Waals surface area contributed by atoms with Gasteiger partial charge in [0.1, 0.15) is 17.2 Å². The van der Waals surface area contributed by atoms with Crippen molar-refractivity contribution in [3.8, 4) is 27.0 Å². The molecule has 3 aromatic heterocycles. The molecule has 0 saturated carbocycles. The Morgan fingerprint density at radius 2 is 2.11 bits per heavy atom. The molecule has 28 heavy (non-hydrogen) atoms. The first-order chi connectivity index (χ1) is 13.7. The van der Waals surface area contributed by atoms with Gasteiger partial charge >= 0.3 is 5.97 Å². The van der Waals surface area contributed by atoms with Crippen LogP contribution in [0.4, 0.5) is 0 Å². The Morgan fingerprint density at radius 1 is 1.21 bits per heavy atom. The molecule has 4 heterocycles. The molecule has 140 valence electrons. The molecule has 1 aromatic carbocycles. The zero-order chi connectivity index (χ0) is 19.1. The molecule has 0 spiro atoms. The van der Waals surface area contributed by atoms with E-state index >= 15 is 0 Å². The summed E-state index contributed by atoms with van der Waals surface area (Å²) in [6.45, 7) is 2.16. The molecular weight excluding hydrogens is 396 g/mol. The molecule has 5 rings (SSSR count). The van der Waals surface area contributed by atoms with Gasteiger partial charge in [0.25, 0.3) is 11.8 Å². The fourth-order valence-electron chi connectivity index (χ4n) is 2.97. The fourth-order valence-corrected chi connectivity index (χ4v) is 4.69. The van der Waals surface area contributed by atoms with Gasteiger partial charge in [-0.05, 0) is 36.6 Å². The van der Waals surface area contributed by atoms with Gasteiger partial charge in [0.2, 0.25) is 0 Å². The minimum atomic E-state index is -0.642. The average Bonchev–Trinajstić information content (AvgIpc) is 3.47. The van der Waals surface area contributed by atoms with E-state index in [4.69, 9.17) is 13.9 Å². The van der Waals surface area contributed by atoms with E-state index in [1.165, 1.54) is 22.7 Å². The summed E-state index contributed by atoms with van der Waals surface area (Å²) in [4.78, 5) is 15.1. The van der Waals surface area contributed by atoms with E-state index in [0.29, 0.717) is 17.4 Å². The third-order valence-corrected chi connectivity index (χ3v) is 6.38. The summed E-state index contributed by atoms with van der Waals surface area (Å²) in [6, 6.07) is 13.4. The Kier molecular flexibility index (Phi) is 4.22. The topological polar surface area (TPSA) is 74.5 Å². The summed E-state index contributed by atoms with van der Waals surface area (Å²) in [7, 11) is 0. The summed E-state index contributed by atoms with van der Waals surface area (Å²) in [5, 5.41) is 9.97. The van der Waals surface area contributed by atoms with E-state index in [9.17, 15) is 4.79 Å². The zero-order valence-electron chi connectivity index (χ0n) is 14.7. The number of hydrogen-bond donors (Lipinski definition) is 0. The predicted octanol–water partition coefficient (Wildman–Crippen LogP) is 5.34. The van der Waals surface area contributed by atoms with Crippen LogP contribution in [0.3, 0.4) is 0 Å². The normalized spacial score (nSPS) is 13.3. The number of hydrogen-bond acceptors (Lipinski definition) is 8. The molecule has 0 fully saturated rings. The van der Waals surface area contributed by atoms with Crippen molar-refractivity contribution in [2.24, 2.45) is 0 Å². The fraction of sp³-hybridized carbons (Fsp3) is 0.150. The number of ether oxygens (including phenoxy) is 2. The van der Waals surface area contributed by atoms with Crippen LogP contribution >= 0.6 is 22.7 Å². The lowest BCUT2D eigenvalue weighted by Gasteiger charge is -2.16. The standard InChI is InChI=1S/C20H14N2O4S2/c1-11(18-21-22-19(26-18)15-7-4-8-27-15)25-20(23)16-9-12-10-24-14-6-3-2-5-13(14)17(12)28-16/h2-9,11H,10H2,1H3/t11-/m0/s1. The van der Waals surface area contributed by atoms with E-state index in [0.717, 1.165) is 26.6 Å². The monoisotopic (exact) mass is 410 g/mol. The van der Waals surface area contributed by atoms with Gasteiger partial charge < -0.3 is 13.9 Å². The van der Waals surface area contributed by atoms with Crippen molar-refractivity contribution in [2.45, 2.75) is 19.6 Å². The van der Waals surface area contributed by atoms with Crippen molar-refractivity contribution in [2.75, 3.05) is 0 Å². The molecule has 1 aliphatic heterocycles. The van der Waals surface area contributed by atoms with Crippen LogP contribution in [0.25, 0.3) is 21.2 Å². The van der Waals surface area contributed by atoms with Gasteiger partial charge in [-0.1, -0.05) is 18.2 Å². The lowest BCUT2D eigenvalue weighted by Crippen LogP contribution is -2.08. The van der Waals surface area contributed by atoms with Crippen molar-refractivity contribution < 1.29 is 18.7 Å². The smallest absolute Gasteiger partial charge is 0.349 e. The minimum Gasteiger partial charge on any atom is -0.488 e. The second-order valence-corrected chi connectivity index (χ2v) is 8.22. The van der Waals surface area contributed by atoms with E-state index in [2.05, 4.69) is 10.2 Å². The first-order valence-corrected chi connectivity index (χ1v) is 10.3. The van der Waals surface area contributed by atoms with Crippen LogP contribution in [0.1, 0.15) is 34.2 Å². The summed E-state index contributed by atoms with van der Waals surface area (Å²) < 4.78 is 17.0. The third kappa shape index (κ3) is 3.00. The number of rotatable bonds is 4. The van der Waals surface area contributed by atoms with Crippen molar-refractivity contribution >= 4 is 28.6 Å². The van der Waals surface area contributed by atoms with Crippen LogP contribution in [0.5, 0.6) is 5.75 Å². The van der Waals surface area contributed by atoms with Crippen molar-refractivity contribution in [3.63, 3.8) is 0 Å². The molecule has 0 radical (unpaired) electrons. The summed E-state index contributed by atoms with van der Waals surface area (Å²) >= 11 is 2.91. The molecule has 0 amide bonds. The molecule has 0 saturated heterocycles. The Bertz CT molecular complexity index is 1150. The van der Waals surface area contributed by atoms with Gasteiger partial charge in [-0.25, -0.2) is 4.79 Å². The Hall–Kier alpha value is -2.97. The van der Waals surface area contributed by atoms with Crippen molar-refractivity contribution in [3.05, 3.63) is 64.2 Å². The Labute approximate surface area is 168 Å². The van der Waals surface area contributed by atoms with E-state index in [-0.39, 0.29) is 5.89 Å². The molecular formula is C20H14N2O4S2. The molecule has 4 aromatic rings. The molecule has 8 heteroatoms. The molecule has 6 nitrogen and oxygen atoms in total. The average molecular weight is 410 g/mol. The summed E-state index contributed by atoms with van der Waals surface area (Å²) in [6.07, 6.45) is -0.642. The van der Waals surface area contributed by atoms with Crippen LogP contribution in [0, 0.1) is 0 Å². The lowest BCUT2D eigenvalue weighted by atomic mass is 10.1. The Morgan fingerprint density at radius 3 is 2.96 bits per heavy atom. The molecule has 0 N–H and O–H groups in total. The summed E-state index contributed by atoms with van der Waals surface area (Å²) in [5.41, 5.74) is 1.99. The number of benzene rings is 1. The molecule has 1 aliphatic rings. The van der Waals surface area contributed by atoms with E-state index in [1.807, 2.05) is 47.8 Å². The Balaban J connectivity index is 1.35. The van der Waals surface area contributed by atoms with Gasteiger partial charge in [-0.15, -0.1) is 32.9 Å².